The smallest absolute Gasteiger partial charge is 0.327 e. The zero-order chi connectivity index (χ0) is 18.4. The van der Waals surface area contributed by atoms with Gasteiger partial charge in [-0.05, 0) is 26.0 Å². The van der Waals surface area contributed by atoms with E-state index in [0.717, 1.165) is 9.21 Å². The molecule has 3 rings (SSSR count). The highest BCUT2D eigenvalue weighted by Crippen LogP contribution is 2.26. The molecule has 0 atom stereocenters. The second kappa shape index (κ2) is 5.92. The van der Waals surface area contributed by atoms with Crippen LogP contribution in [0.4, 0.5) is 0 Å². The van der Waals surface area contributed by atoms with Gasteiger partial charge in [-0.15, -0.1) is 0 Å². The molecule has 2 aliphatic rings. The van der Waals surface area contributed by atoms with Crippen LogP contribution in [0.3, 0.4) is 0 Å². The first kappa shape index (κ1) is 17.6. The van der Waals surface area contributed by atoms with Crippen LogP contribution in [0.15, 0.2) is 24.3 Å². The Hall–Kier alpha value is -2.26. The third kappa shape index (κ3) is 2.83. The fourth-order valence-electron chi connectivity index (χ4n) is 3.03. The number of imide groups is 1. The molecule has 2 heterocycles. The van der Waals surface area contributed by atoms with E-state index >= 15 is 0 Å². The lowest BCUT2D eigenvalue weighted by Gasteiger charge is -2.39. The minimum Gasteiger partial charge on any atom is -0.463 e. The quantitative estimate of drug-likeness (QED) is 0.559. The number of morpholine rings is 1. The standard InChI is InChI=1S/C16H18N2O6S/c1-16(2)15(21)24-9-7-18(16)25(22,23)10-8-17-13(19)11-5-3-4-6-12(11)14(17)20/h3-6H,7-10H2,1-2H3. The molecule has 0 bridgehead atoms. The number of ether oxygens (including phenoxy) is 1. The van der Waals surface area contributed by atoms with Crippen LogP contribution in [0.25, 0.3) is 0 Å². The van der Waals surface area contributed by atoms with Crippen molar-refractivity contribution in [2.45, 2.75) is 19.4 Å². The van der Waals surface area contributed by atoms with E-state index < -0.39 is 39.1 Å². The Morgan fingerprint density at radius 1 is 1.08 bits per heavy atom. The van der Waals surface area contributed by atoms with Gasteiger partial charge in [0.25, 0.3) is 11.8 Å². The predicted octanol–water partition coefficient (Wildman–Crippen LogP) is 0.250. The lowest BCUT2D eigenvalue weighted by molar-refractivity contribution is -0.160. The van der Waals surface area contributed by atoms with E-state index in [4.69, 9.17) is 4.74 Å². The van der Waals surface area contributed by atoms with Crippen LogP contribution in [0.1, 0.15) is 34.6 Å². The number of hydrogen-bond donors (Lipinski definition) is 0. The maximum absolute atomic E-state index is 12.7. The zero-order valence-electron chi connectivity index (χ0n) is 13.9. The molecule has 134 valence electrons. The summed E-state index contributed by atoms with van der Waals surface area (Å²) in [4.78, 5) is 37.4. The van der Waals surface area contributed by atoms with Crippen molar-refractivity contribution in [3.63, 3.8) is 0 Å². The second-order valence-electron chi connectivity index (χ2n) is 6.39. The summed E-state index contributed by atoms with van der Waals surface area (Å²) >= 11 is 0. The van der Waals surface area contributed by atoms with Crippen molar-refractivity contribution in [1.82, 2.24) is 9.21 Å². The first-order valence-electron chi connectivity index (χ1n) is 7.79. The van der Waals surface area contributed by atoms with Gasteiger partial charge in [-0.25, -0.2) is 8.42 Å². The molecule has 0 spiro atoms. The Morgan fingerprint density at radius 2 is 1.64 bits per heavy atom. The number of hydrogen-bond acceptors (Lipinski definition) is 6. The molecule has 0 unspecified atom stereocenters. The maximum atomic E-state index is 12.7. The van der Waals surface area contributed by atoms with E-state index in [1.807, 2.05) is 0 Å². The minimum atomic E-state index is -3.86. The summed E-state index contributed by atoms with van der Waals surface area (Å²) in [6.45, 7) is 2.69. The van der Waals surface area contributed by atoms with Gasteiger partial charge in [0.1, 0.15) is 12.1 Å². The largest absolute Gasteiger partial charge is 0.463 e. The van der Waals surface area contributed by atoms with Gasteiger partial charge < -0.3 is 4.74 Å². The van der Waals surface area contributed by atoms with Gasteiger partial charge in [-0.2, -0.15) is 4.31 Å². The number of fused-ring (bicyclic) bond motifs is 1. The number of esters is 1. The van der Waals surface area contributed by atoms with Gasteiger partial charge in [0, 0.05) is 13.1 Å². The molecule has 0 aromatic heterocycles. The lowest BCUT2D eigenvalue weighted by Crippen LogP contribution is -2.59. The molecule has 1 aromatic carbocycles. The van der Waals surface area contributed by atoms with Gasteiger partial charge in [0.15, 0.2) is 0 Å². The Kier molecular flexibility index (Phi) is 4.16. The van der Waals surface area contributed by atoms with Crippen molar-refractivity contribution in [2.75, 3.05) is 25.4 Å². The van der Waals surface area contributed by atoms with Crippen molar-refractivity contribution in [1.29, 1.82) is 0 Å². The van der Waals surface area contributed by atoms with E-state index in [2.05, 4.69) is 0 Å². The number of amides is 2. The molecule has 0 aliphatic carbocycles. The Labute approximate surface area is 145 Å². The van der Waals surface area contributed by atoms with Gasteiger partial charge in [0.05, 0.1) is 16.9 Å². The van der Waals surface area contributed by atoms with E-state index in [0.29, 0.717) is 0 Å². The van der Waals surface area contributed by atoms with E-state index in [1.165, 1.54) is 26.0 Å². The summed E-state index contributed by atoms with van der Waals surface area (Å²) in [5, 5.41) is 0. The summed E-state index contributed by atoms with van der Waals surface area (Å²) in [5.41, 5.74) is -0.780. The first-order valence-corrected chi connectivity index (χ1v) is 9.40. The van der Waals surface area contributed by atoms with Crippen molar-refractivity contribution < 1.29 is 27.5 Å². The second-order valence-corrected chi connectivity index (χ2v) is 8.40. The number of rotatable bonds is 4. The predicted molar refractivity (Wildman–Crippen MR) is 87.3 cm³/mol. The molecule has 2 aliphatic heterocycles. The molecule has 2 amide bonds. The average Bonchev–Trinajstić information content (AvgIpc) is 2.80. The van der Waals surface area contributed by atoms with Crippen LogP contribution in [0, 0.1) is 0 Å². The fraction of sp³-hybridized carbons (Fsp3) is 0.438. The van der Waals surface area contributed by atoms with E-state index in [-0.39, 0.29) is 30.8 Å². The number of sulfonamides is 1. The average molecular weight is 366 g/mol. The highest BCUT2D eigenvalue weighted by molar-refractivity contribution is 7.89. The van der Waals surface area contributed by atoms with Crippen LogP contribution in [0.2, 0.25) is 0 Å². The Morgan fingerprint density at radius 3 is 2.20 bits per heavy atom. The van der Waals surface area contributed by atoms with Gasteiger partial charge in [-0.1, -0.05) is 12.1 Å². The zero-order valence-corrected chi connectivity index (χ0v) is 14.7. The van der Waals surface area contributed by atoms with Gasteiger partial charge in [-0.3, -0.25) is 19.3 Å². The number of carbonyl (C=O) groups excluding carboxylic acids is 3. The summed E-state index contributed by atoms with van der Waals surface area (Å²) in [6.07, 6.45) is 0. The van der Waals surface area contributed by atoms with Crippen molar-refractivity contribution in [3.8, 4) is 0 Å². The van der Waals surface area contributed by atoms with Gasteiger partial charge >= 0.3 is 5.97 Å². The third-order valence-electron chi connectivity index (χ3n) is 4.44. The van der Waals surface area contributed by atoms with Crippen LogP contribution in [0.5, 0.6) is 0 Å². The summed E-state index contributed by atoms with van der Waals surface area (Å²) in [5.74, 6) is -2.08. The fourth-order valence-corrected chi connectivity index (χ4v) is 4.78. The molecule has 9 heteroatoms. The molecule has 1 saturated heterocycles. The molecular weight excluding hydrogens is 348 g/mol. The first-order chi connectivity index (χ1) is 11.7. The van der Waals surface area contributed by atoms with Crippen LogP contribution < -0.4 is 0 Å². The highest BCUT2D eigenvalue weighted by Gasteiger charge is 2.46. The van der Waals surface area contributed by atoms with Crippen LogP contribution in [-0.2, 0) is 19.6 Å². The van der Waals surface area contributed by atoms with E-state index in [9.17, 15) is 22.8 Å². The molecule has 0 N–H and O–H groups in total. The number of nitrogens with zero attached hydrogens (tertiary/aromatic N) is 2. The highest BCUT2D eigenvalue weighted by atomic mass is 32.2. The molecule has 8 nitrogen and oxygen atoms in total. The summed E-state index contributed by atoms with van der Waals surface area (Å²) in [6, 6.07) is 6.36. The normalized spacial score (nSPS) is 20.6. The Bertz CT molecular complexity index is 826. The van der Waals surface area contributed by atoms with Crippen molar-refractivity contribution >= 4 is 27.8 Å². The SMILES string of the molecule is CC1(C)C(=O)OCCN1S(=O)(=O)CCN1C(=O)c2ccccc2C1=O. The third-order valence-corrected chi connectivity index (χ3v) is 6.45. The topological polar surface area (TPSA) is 101 Å². The van der Waals surface area contributed by atoms with Crippen LogP contribution >= 0.6 is 0 Å². The number of benzene rings is 1. The summed E-state index contributed by atoms with van der Waals surface area (Å²) in [7, 11) is -3.86. The summed E-state index contributed by atoms with van der Waals surface area (Å²) < 4.78 is 31.3. The molecule has 1 fully saturated rings. The van der Waals surface area contributed by atoms with E-state index in [1.54, 1.807) is 12.1 Å². The monoisotopic (exact) mass is 366 g/mol. The molecule has 1 aromatic rings. The number of carbonyl (C=O) groups is 3. The lowest BCUT2D eigenvalue weighted by atomic mass is 10.1. The molecule has 0 radical (unpaired) electrons. The van der Waals surface area contributed by atoms with Crippen molar-refractivity contribution in [3.05, 3.63) is 35.4 Å². The molecular formula is C16H18N2O6S. The van der Waals surface area contributed by atoms with Gasteiger partial charge in [0.2, 0.25) is 10.0 Å². The molecule has 0 saturated carbocycles. The number of cyclic esters (lactones) is 1. The van der Waals surface area contributed by atoms with Crippen molar-refractivity contribution in [2.24, 2.45) is 0 Å². The minimum absolute atomic E-state index is 0.0193. The molecule has 25 heavy (non-hydrogen) atoms. The van der Waals surface area contributed by atoms with Crippen LogP contribution in [-0.4, -0.2) is 66.4 Å². The Balaban J connectivity index is 1.77. The maximum Gasteiger partial charge on any atom is 0.327 e.